The van der Waals surface area contributed by atoms with Gasteiger partial charge in [-0.15, -0.1) is 6.42 Å². The molecular weight excluding hydrogens is 324 g/mol. The molecule has 2 aromatic carbocycles. The zero-order valence-corrected chi connectivity index (χ0v) is 12.4. The van der Waals surface area contributed by atoms with Gasteiger partial charge in [0.2, 0.25) is 11.6 Å². The average molecular weight is 336 g/mol. The zero-order valence-electron chi connectivity index (χ0n) is 12.4. The molecule has 0 unspecified atom stereocenters. The van der Waals surface area contributed by atoms with E-state index in [2.05, 4.69) is 5.92 Å². The van der Waals surface area contributed by atoms with Crippen LogP contribution in [0.1, 0.15) is 5.56 Å². The molecule has 0 aliphatic carbocycles. The lowest BCUT2D eigenvalue weighted by atomic mass is 10.1. The quantitative estimate of drug-likeness (QED) is 0.600. The number of hydrogen-bond acceptors (Lipinski definition) is 2. The highest BCUT2D eigenvalue weighted by Gasteiger charge is 2.14. The first-order chi connectivity index (χ1) is 11.5. The fourth-order valence-corrected chi connectivity index (χ4v) is 1.85. The number of halogens is 4. The minimum absolute atomic E-state index is 0.0116. The van der Waals surface area contributed by atoms with Crippen molar-refractivity contribution in [1.29, 1.82) is 0 Å². The second-order valence-electron chi connectivity index (χ2n) is 4.54. The maximum atomic E-state index is 12.9. The fraction of sp³-hybridized carbons (Fsp3) is 0.111. The summed E-state index contributed by atoms with van der Waals surface area (Å²) >= 11 is 0. The first-order valence-corrected chi connectivity index (χ1v) is 6.82. The van der Waals surface area contributed by atoms with Crippen molar-refractivity contribution in [2.45, 2.75) is 0 Å². The van der Waals surface area contributed by atoms with Crippen LogP contribution in [0.15, 0.2) is 36.4 Å². The molecule has 0 bridgehead atoms. The molecule has 0 atom stereocenters. The summed E-state index contributed by atoms with van der Waals surface area (Å²) in [7, 11) is 0. The largest absolute Gasteiger partial charge is 0.486 e. The molecule has 0 amide bonds. The van der Waals surface area contributed by atoms with Gasteiger partial charge < -0.3 is 9.47 Å². The van der Waals surface area contributed by atoms with Crippen LogP contribution in [0.5, 0.6) is 11.5 Å². The first kappa shape index (κ1) is 17.4. The molecule has 2 nitrogen and oxygen atoms in total. The van der Waals surface area contributed by atoms with Crippen LogP contribution in [-0.2, 0) is 0 Å². The second kappa shape index (κ2) is 8.06. The Hall–Kier alpha value is -2.94. The smallest absolute Gasteiger partial charge is 0.201 e. The third-order valence-corrected chi connectivity index (χ3v) is 2.93. The molecule has 0 N–H and O–H groups in total. The molecule has 0 spiro atoms. The number of terminal acetylenes is 1. The predicted molar refractivity (Wildman–Crippen MR) is 81.6 cm³/mol. The van der Waals surface area contributed by atoms with Gasteiger partial charge in [0.25, 0.3) is 0 Å². The van der Waals surface area contributed by atoms with Gasteiger partial charge in [0.05, 0.1) is 0 Å². The van der Waals surface area contributed by atoms with Crippen LogP contribution in [0.25, 0.3) is 6.08 Å². The van der Waals surface area contributed by atoms with Gasteiger partial charge in [-0.1, -0.05) is 18.1 Å². The highest BCUT2D eigenvalue weighted by molar-refractivity contribution is 5.59. The molecule has 0 saturated heterocycles. The van der Waals surface area contributed by atoms with Crippen molar-refractivity contribution in [3.05, 3.63) is 65.2 Å². The molecule has 6 heteroatoms. The minimum atomic E-state index is -1.01. The summed E-state index contributed by atoms with van der Waals surface area (Å²) in [6.07, 6.45) is 8.33. The lowest BCUT2D eigenvalue weighted by Gasteiger charge is -2.12. The van der Waals surface area contributed by atoms with Crippen molar-refractivity contribution in [2.75, 3.05) is 13.2 Å². The van der Waals surface area contributed by atoms with Gasteiger partial charge in [0.1, 0.15) is 13.2 Å². The van der Waals surface area contributed by atoms with Gasteiger partial charge in [-0.05, 0) is 30.3 Å². The number of rotatable bonds is 2. The third-order valence-electron chi connectivity index (χ3n) is 2.93. The Morgan fingerprint density at radius 1 is 1.04 bits per heavy atom. The standard InChI is InChI=1S/2C9H6F2O/c10-7-4-3-6-2-1-5-12-9(6)8(7)11;1-2-6-12-8-5-3-4-7(10)9(8)11/h1-4H,5H2;1,3-5H,6H2. The molecule has 24 heavy (non-hydrogen) atoms. The van der Waals surface area contributed by atoms with Crippen LogP contribution >= 0.6 is 0 Å². The van der Waals surface area contributed by atoms with Crippen molar-refractivity contribution in [3.63, 3.8) is 0 Å². The van der Waals surface area contributed by atoms with Crippen molar-refractivity contribution in [2.24, 2.45) is 0 Å². The molecule has 3 rings (SSSR count). The molecule has 1 aliphatic rings. The van der Waals surface area contributed by atoms with E-state index in [1.54, 1.807) is 12.2 Å². The van der Waals surface area contributed by atoms with Gasteiger partial charge in [-0.25, -0.2) is 8.78 Å². The molecule has 1 aliphatic heterocycles. The monoisotopic (exact) mass is 336 g/mol. The summed E-state index contributed by atoms with van der Waals surface area (Å²) in [6, 6.07) is 6.26. The van der Waals surface area contributed by atoms with Crippen molar-refractivity contribution in [1.82, 2.24) is 0 Å². The Kier molecular flexibility index (Phi) is 5.85. The maximum absolute atomic E-state index is 12.9. The summed E-state index contributed by atoms with van der Waals surface area (Å²) in [4.78, 5) is 0. The van der Waals surface area contributed by atoms with Crippen LogP contribution in [0.3, 0.4) is 0 Å². The van der Waals surface area contributed by atoms with Crippen LogP contribution in [0.2, 0.25) is 0 Å². The van der Waals surface area contributed by atoms with Gasteiger partial charge in [-0.2, -0.15) is 8.78 Å². The van der Waals surface area contributed by atoms with Crippen molar-refractivity contribution in [3.8, 4) is 23.8 Å². The Labute approximate surface area is 136 Å². The Morgan fingerprint density at radius 3 is 2.54 bits per heavy atom. The van der Waals surface area contributed by atoms with E-state index in [0.717, 1.165) is 12.1 Å². The normalized spacial score (nSPS) is 11.5. The molecule has 1 heterocycles. The van der Waals surface area contributed by atoms with E-state index in [4.69, 9.17) is 15.9 Å². The summed E-state index contributed by atoms with van der Waals surface area (Å²) in [5.74, 6) is -1.72. The van der Waals surface area contributed by atoms with Crippen LogP contribution in [0.4, 0.5) is 17.6 Å². The highest BCUT2D eigenvalue weighted by atomic mass is 19.2. The van der Waals surface area contributed by atoms with E-state index >= 15 is 0 Å². The Balaban J connectivity index is 0.000000174. The van der Waals surface area contributed by atoms with Crippen molar-refractivity contribution < 1.29 is 27.0 Å². The third kappa shape index (κ3) is 4.07. The Morgan fingerprint density at radius 2 is 1.79 bits per heavy atom. The highest BCUT2D eigenvalue weighted by Crippen LogP contribution is 2.28. The molecule has 0 fully saturated rings. The number of benzene rings is 2. The summed E-state index contributed by atoms with van der Waals surface area (Å²) in [6.45, 7) is 0.230. The Bertz CT molecular complexity index is 794. The molecule has 2 aromatic rings. The maximum Gasteiger partial charge on any atom is 0.201 e. The van der Waals surface area contributed by atoms with E-state index in [0.29, 0.717) is 12.2 Å². The first-order valence-electron chi connectivity index (χ1n) is 6.82. The number of ether oxygens (including phenoxy) is 2. The van der Waals surface area contributed by atoms with Crippen LogP contribution < -0.4 is 9.47 Å². The van der Waals surface area contributed by atoms with Gasteiger partial charge in [-0.3, -0.25) is 0 Å². The molecular formula is C18H12F4O2. The van der Waals surface area contributed by atoms with E-state index in [1.165, 1.54) is 18.2 Å². The lowest BCUT2D eigenvalue weighted by Crippen LogP contribution is -2.03. The summed E-state index contributed by atoms with van der Waals surface area (Å²) in [5.41, 5.74) is 0.583. The predicted octanol–water partition coefficient (Wildman–Crippen LogP) is 4.35. The molecule has 124 valence electrons. The molecule has 0 saturated carbocycles. The zero-order chi connectivity index (χ0) is 17.5. The second-order valence-corrected chi connectivity index (χ2v) is 4.54. The molecule has 0 aromatic heterocycles. The van der Waals surface area contributed by atoms with Crippen molar-refractivity contribution >= 4 is 6.08 Å². The van der Waals surface area contributed by atoms with E-state index < -0.39 is 23.3 Å². The number of hydrogen-bond donors (Lipinski definition) is 0. The van der Waals surface area contributed by atoms with Crippen LogP contribution in [-0.4, -0.2) is 13.2 Å². The molecule has 0 radical (unpaired) electrons. The number of fused-ring (bicyclic) bond motifs is 1. The van der Waals surface area contributed by atoms with Gasteiger partial charge in [0, 0.05) is 5.56 Å². The lowest BCUT2D eigenvalue weighted by molar-refractivity contribution is 0.328. The minimum Gasteiger partial charge on any atom is -0.486 e. The topological polar surface area (TPSA) is 18.5 Å². The van der Waals surface area contributed by atoms with E-state index in [9.17, 15) is 17.6 Å². The summed E-state index contributed by atoms with van der Waals surface area (Å²) < 4.78 is 60.5. The van der Waals surface area contributed by atoms with Crippen LogP contribution in [0, 0.1) is 35.6 Å². The van der Waals surface area contributed by atoms with Gasteiger partial charge in [0.15, 0.2) is 23.1 Å². The fourth-order valence-electron chi connectivity index (χ4n) is 1.85. The van der Waals surface area contributed by atoms with Gasteiger partial charge >= 0.3 is 0 Å². The van der Waals surface area contributed by atoms with E-state index in [1.807, 2.05) is 0 Å². The average Bonchev–Trinajstić information content (AvgIpc) is 2.60. The SMILES string of the molecule is C#CCOc1cccc(F)c1F.Fc1ccc2c(c1F)OCC=C2. The van der Waals surface area contributed by atoms with E-state index in [-0.39, 0.29) is 18.1 Å². The summed E-state index contributed by atoms with van der Waals surface area (Å²) in [5, 5.41) is 0.